The first kappa shape index (κ1) is 19.1. The van der Waals surface area contributed by atoms with Crippen molar-refractivity contribution in [1.29, 1.82) is 0 Å². The fourth-order valence-electron chi connectivity index (χ4n) is 2.78. The molecule has 3 aromatic rings. The number of para-hydroxylation sites is 1. The lowest BCUT2D eigenvalue weighted by Gasteiger charge is -2.18. The standard InChI is InChI=1S/C21H20N4O3/c22-21(27)28-19(17-5-4-12-24-14-17)13-15-8-10-16(11-9-15)20(26)25(23)18-6-2-1-3-7-18/h1-12,14,19H,13,23H2,(H2,22,27). The number of primary amides is 1. The van der Waals surface area contributed by atoms with Crippen LogP contribution in [0.1, 0.15) is 27.6 Å². The Morgan fingerprint density at radius 1 is 1.00 bits per heavy atom. The minimum atomic E-state index is -0.859. The summed E-state index contributed by atoms with van der Waals surface area (Å²) in [6.07, 6.45) is 2.23. The maximum absolute atomic E-state index is 12.6. The summed E-state index contributed by atoms with van der Waals surface area (Å²) in [4.78, 5) is 27.8. The predicted molar refractivity (Wildman–Crippen MR) is 105 cm³/mol. The second kappa shape index (κ2) is 8.79. The van der Waals surface area contributed by atoms with Gasteiger partial charge in [0, 0.05) is 29.9 Å². The van der Waals surface area contributed by atoms with E-state index in [1.165, 1.54) is 0 Å². The molecule has 0 saturated heterocycles. The average Bonchev–Trinajstić information content (AvgIpc) is 2.74. The summed E-state index contributed by atoms with van der Waals surface area (Å²) in [5.41, 5.74) is 7.84. The summed E-state index contributed by atoms with van der Waals surface area (Å²) >= 11 is 0. The van der Waals surface area contributed by atoms with Crippen LogP contribution in [0.3, 0.4) is 0 Å². The van der Waals surface area contributed by atoms with Crippen molar-refractivity contribution in [3.63, 3.8) is 0 Å². The zero-order chi connectivity index (χ0) is 19.9. The number of benzene rings is 2. The quantitative estimate of drug-likeness (QED) is 0.390. The molecule has 0 aliphatic carbocycles. The van der Waals surface area contributed by atoms with Crippen molar-refractivity contribution in [1.82, 2.24) is 4.98 Å². The van der Waals surface area contributed by atoms with Crippen molar-refractivity contribution < 1.29 is 14.3 Å². The smallest absolute Gasteiger partial charge is 0.405 e. The fraction of sp³-hybridized carbons (Fsp3) is 0.0952. The molecule has 1 unspecified atom stereocenters. The van der Waals surface area contributed by atoms with Gasteiger partial charge < -0.3 is 10.5 Å². The molecule has 142 valence electrons. The first-order valence-electron chi connectivity index (χ1n) is 8.64. The van der Waals surface area contributed by atoms with Crippen LogP contribution in [0, 0.1) is 0 Å². The summed E-state index contributed by atoms with van der Waals surface area (Å²) < 4.78 is 5.22. The Hall–Kier alpha value is -3.71. The number of nitrogens with two attached hydrogens (primary N) is 2. The molecule has 0 fully saturated rings. The van der Waals surface area contributed by atoms with E-state index in [4.69, 9.17) is 16.3 Å². The first-order chi connectivity index (χ1) is 13.5. The Labute approximate surface area is 162 Å². The molecule has 4 N–H and O–H groups in total. The summed E-state index contributed by atoms with van der Waals surface area (Å²) in [5, 5.41) is 1.10. The topological polar surface area (TPSA) is 112 Å². The van der Waals surface area contributed by atoms with Crippen LogP contribution in [-0.4, -0.2) is 17.0 Å². The van der Waals surface area contributed by atoms with E-state index in [1.54, 1.807) is 54.9 Å². The van der Waals surface area contributed by atoms with Gasteiger partial charge in [0.1, 0.15) is 6.10 Å². The molecular weight excluding hydrogens is 356 g/mol. The maximum Gasteiger partial charge on any atom is 0.405 e. The van der Waals surface area contributed by atoms with E-state index in [9.17, 15) is 9.59 Å². The van der Waals surface area contributed by atoms with E-state index in [0.29, 0.717) is 17.7 Å². The number of aromatic nitrogens is 1. The van der Waals surface area contributed by atoms with E-state index < -0.39 is 12.2 Å². The molecule has 0 radical (unpaired) electrons. The molecule has 1 aromatic heterocycles. The van der Waals surface area contributed by atoms with Gasteiger partial charge in [0.25, 0.3) is 5.91 Å². The monoisotopic (exact) mass is 376 g/mol. The molecule has 1 atom stereocenters. The van der Waals surface area contributed by atoms with Gasteiger partial charge in [-0.25, -0.2) is 15.6 Å². The van der Waals surface area contributed by atoms with Crippen LogP contribution in [0.2, 0.25) is 0 Å². The third kappa shape index (κ3) is 4.72. The van der Waals surface area contributed by atoms with Gasteiger partial charge in [-0.15, -0.1) is 0 Å². The third-order valence-electron chi connectivity index (χ3n) is 4.19. The minimum absolute atomic E-state index is 0.324. The van der Waals surface area contributed by atoms with Crippen LogP contribution >= 0.6 is 0 Å². The lowest BCUT2D eigenvalue weighted by atomic mass is 10.0. The van der Waals surface area contributed by atoms with Gasteiger partial charge in [0.05, 0.1) is 5.69 Å². The highest BCUT2D eigenvalue weighted by Crippen LogP contribution is 2.22. The number of nitrogens with zero attached hydrogens (tertiary/aromatic N) is 2. The zero-order valence-electron chi connectivity index (χ0n) is 15.1. The van der Waals surface area contributed by atoms with Crippen LogP contribution in [-0.2, 0) is 11.2 Å². The van der Waals surface area contributed by atoms with Gasteiger partial charge in [-0.05, 0) is 35.9 Å². The summed E-state index contributed by atoms with van der Waals surface area (Å²) in [5.74, 6) is 5.60. The lowest BCUT2D eigenvalue weighted by Crippen LogP contribution is -2.37. The van der Waals surface area contributed by atoms with E-state index in [1.807, 2.05) is 24.3 Å². The second-order valence-corrected chi connectivity index (χ2v) is 6.12. The zero-order valence-corrected chi connectivity index (χ0v) is 15.1. The maximum atomic E-state index is 12.6. The summed E-state index contributed by atoms with van der Waals surface area (Å²) in [6, 6.07) is 19.5. The Kier molecular flexibility index (Phi) is 5.98. The van der Waals surface area contributed by atoms with Crippen molar-refractivity contribution in [2.24, 2.45) is 11.6 Å². The number of anilines is 1. The molecule has 1 heterocycles. The number of hydrogen-bond acceptors (Lipinski definition) is 5. The molecule has 0 bridgehead atoms. The summed E-state index contributed by atoms with van der Waals surface area (Å²) in [7, 11) is 0. The Balaban J connectivity index is 1.74. The van der Waals surface area contributed by atoms with Gasteiger partial charge >= 0.3 is 6.09 Å². The van der Waals surface area contributed by atoms with Crippen LogP contribution in [0.25, 0.3) is 0 Å². The van der Waals surface area contributed by atoms with Crippen molar-refractivity contribution in [2.45, 2.75) is 12.5 Å². The average molecular weight is 376 g/mol. The highest BCUT2D eigenvalue weighted by molar-refractivity contribution is 6.05. The van der Waals surface area contributed by atoms with Crippen molar-refractivity contribution in [3.8, 4) is 0 Å². The van der Waals surface area contributed by atoms with Gasteiger partial charge in [0.2, 0.25) is 0 Å². The molecule has 0 aliphatic rings. The largest absolute Gasteiger partial charge is 0.441 e. The highest BCUT2D eigenvalue weighted by Gasteiger charge is 2.18. The molecule has 7 nitrogen and oxygen atoms in total. The molecule has 0 saturated carbocycles. The van der Waals surface area contributed by atoms with Crippen molar-refractivity contribution in [2.75, 3.05) is 5.01 Å². The van der Waals surface area contributed by atoms with Crippen LogP contribution < -0.4 is 16.6 Å². The number of rotatable bonds is 6. The first-order valence-corrected chi connectivity index (χ1v) is 8.64. The Bertz CT molecular complexity index is 931. The number of pyridine rings is 1. The number of amides is 2. The molecule has 2 amide bonds. The molecule has 2 aromatic carbocycles. The minimum Gasteiger partial charge on any atom is -0.441 e. The van der Waals surface area contributed by atoms with Gasteiger partial charge in [-0.1, -0.05) is 36.4 Å². The third-order valence-corrected chi connectivity index (χ3v) is 4.19. The summed E-state index contributed by atoms with van der Waals surface area (Å²) in [6.45, 7) is 0. The van der Waals surface area contributed by atoms with Crippen LogP contribution in [0.15, 0.2) is 79.1 Å². The Morgan fingerprint density at radius 2 is 1.71 bits per heavy atom. The van der Waals surface area contributed by atoms with Crippen molar-refractivity contribution in [3.05, 3.63) is 95.8 Å². The van der Waals surface area contributed by atoms with E-state index in [-0.39, 0.29) is 5.91 Å². The fourth-order valence-corrected chi connectivity index (χ4v) is 2.78. The second-order valence-electron chi connectivity index (χ2n) is 6.12. The van der Waals surface area contributed by atoms with E-state index in [0.717, 1.165) is 16.1 Å². The molecule has 3 rings (SSSR count). The number of carbonyl (C=O) groups is 2. The SMILES string of the molecule is NC(=O)OC(Cc1ccc(C(=O)N(N)c2ccccc2)cc1)c1cccnc1. The lowest BCUT2D eigenvalue weighted by molar-refractivity contribution is 0.0986. The highest BCUT2D eigenvalue weighted by atomic mass is 16.6. The number of ether oxygens (including phenoxy) is 1. The Morgan fingerprint density at radius 3 is 2.32 bits per heavy atom. The molecular formula is C21H20N4O3. The van der Waals surface area contributed by atoms with Crippen LogP contribution in [0.4, 0.5) is 10.5 Å². The predicted octanol–water partition coefficient (Wildman–Crippen LogP) is 2.98. The van der Waals surface area contributed by atoms with E-state index >= 15 is 0 Å². The molecule has 0 aliphatic heterocycles. The van der Waals surface area contributed by atoms with Gasteiger partial charge in [-0.2, -0.15) is 0 Å². The molecule has 0 spiro atoms. The van der Waals surface area contributed by atoms with Gasteiger partial charge in [-0.3, -0.25) is 9.78 Å². The van der Waals surface area contributed by atoms with Crippen molar-refractivity contribution >= 4 is 17.7 Å². The molecule has 28 heavy (non-hydrogen) atoms. The number of hydrogen-bond donors (Lipinski definition) is 2. The van der Waals surface area contributed by atoms with Crippen LogP contribution in [0.5, 0.6) is 0 Å². The normalized spacial score (nSPS) is 11.5. The number of hydrazine groups is 1. The van der Waals surface area contributed by atoms with E-state index in [2.05, 4.69) is 4.98 Å². The van der Waals surface area contributed by atoms with Gasteiger partial charge in [0.15, 0.2) is 0 Å². The number of carbonyl (C=O) groups excluding carboxylic acids is 2. The molecule has 7 heteroatoms.